The molecule has 206 valence electrons. The third kappa shape index (κ3) is 13.0. The Bertz CT molecular complexity index is 777. The fourth-order valence-corrected chi connectivity index (χ4v) is 3.20. The molecule has 0 spiro atoms. The highest BCUT2D eigenvalue weighted by atomic mass is 16.4. The van der Waals surface area contributed by atoms with Crippen LogP contribution in [0.25, 0.3) is 0 Å². The highest BCUT2D eigenvalue weighted by Crippen LogP contribution is 2.10. The number of carboxylic acid groups (broad SMARTS) is 3. The Hall–Kier alpha value is -3.26. The van der Waals surface area contributed by atoms with Gasteiger partial charge in [-0.2, -0.15) is 0 Å². The van der Waals surface area contributed by atoms with Gasteiger partial charge in [0.15, 0.2) is 0 Å². The van der Waals surface area contributed by atoms with Crippen molar-refractivity contribution in [2.45, 2.75) is 89.4 Å². The Balaban J connectivity index is 5.61. The van der Waals surface area contributed by atoms with Crippen molar-refractivity contribution in [1.82, 2.24) is 16.0 Å². The predicted octanol–water partition coefficient (Wildman–Crippen LogP) is -1.24. The molecule has 0 saturated carbocycles. The van der Waals surface area contributed by atoms with Gasteiger partial charge in [0.2, 0.25) is 17.7 Å². The van der Waals surface area contributed by atoms with Crippen LogP contribution in [0, 0.1) is 5.92 Å². The van der Waals surface area contributed by atoms with Crippen LogP contribution in [-0.2, 0) is 28.8 Å². The van der Waals surface area contributed by atoms with Crippen LogP contribution in [0.5, 0.6) is 0 Å². The monoisotopic (exact) mass is 517 g/mol. The summed E-state index contributed by atoms with van der Waals surface area (Å²) in [5.74, 6) is -6.47. The number of nitrogens with one attached hydrogen (secondary N) is 3. The third-order valence-electron chi connectivity index (χ3n) is 5.64. The standard InChI is InChI=1S/C22H39N5O9/c1-3-12(2)18(22(35)36)27-21(34)14(6-4-5-11-23)26-20(33)15(8-10-17(30)31)25-19(32)13(24)7-9-16(28)29/h12-15,18H,3-11,23-24H2,1-2H3,(H,25,32)(H,26,33)(H,27,34)(H,28,29)(H,30,31)(H,35,36). The summed E-state index contributed by atoms with van der Waals surface area (Å²) in [7, 11) is 0. The number of hydrogen-bond acceptors (Lipinski definition) is 8. The van der Waals surface area contributed by atoms with Gasteiger partial charge in [-0.3, -0.25) is 24.0 Å². The molecule has 0 aromatic rings. The smallest absolute Gasteiger partial charge is 0.326 e. The normalized spacial score (nSPS) is 15.0. The lowest BCUT2D eigenvalue weighted by atomic mass is 9.98. The maximum atomic E-state index is 13.0. The van der Waals surface area contributed by atoms with Gasteiger partial charge in [-0.15, -0.1) is 0 Å². The van der Waals surface area contributed by atoms with Crippen molar-refractivity contribution < 1.29 is 44.1 Å². The number of hydrogen-bond donors (Lipinski definition) is 8. The average molecular weight is 518 g/mol. The van der Waals surface area contributed by atoms with Crippen molar-refractivity contribution in [3.63, 3.8) is 0 Å². The van der Waals surface area contributed by atoms with Gasteiger partial charge in [0.05, 0.1) is 6.04 Å². The van der Waals surface area contributed by atoms with Gasteiger partial charge in [-0.05, 0) is 44.6 Å². The first-order valence-electron chi connectivity index (χ1n) is 11.9. The summed E-state index contributed by atoms with van der Waals surface area (Å²) in [6, 6.07) is -4.98. The zero-order valence-corrected chi connectivity index (χ0v) is 20.7. The molecule has 10 N–H and O–H groups in total. The molecule has 0 bridgehead atoms. The molecule has 3 amide bonds. The van der Waals surface area contributed by atoms with Gasteiger partial charge < -0.3 is 42.7 Å². The van der Waals surface area contributed by atoms with E-state index in [9.17, 15) is 33.9 Å². The number of unbranched alkanes of at least 4 members (excludes halogenated alkanes) is 1. The second-order valence-corrected chi connectivity index (χ2v) is 8.59. The maximum absolute atomic E-state index is 13.0. The highest BCUT2D eigenvalue weighted by molar-refractivity contribution is 5.94. The largest absolute Gasteiger partial charge is 0.481 e. The van der Waals surface area contributed by atoms with Gasteiger partial charge >= 0.3 is 17.9 Å². The Kier molecular flexibility index (Phi) is 15.7. The van der Waals surface area contributed by atoms with Gasteiger partial charge in [0.1, 0.15) is 18.1 Å². The number of amides is 3. The van der Waals surface area contributed by atoms with Crippen LogP contribution in [0.1, 0.15) is 65.2 Å². The van der Waals surface area contributed by atoms with E-state index in [2.05, 4.69) is 16.0 Å². The summed E-state index contributed by atoms with van der Waals surface area (Å²) in [6.07, 6.45) is 0.178. The summed E-state index contributed by atoms with van der Waals surface area (Å²) in [4.78, 5) is 71.6. The van der Waals surface area contributed by atoms with E-state index in [0.29, 0.717) is 25.8 Å². The van der Waals surface area contributed by atoms with E-state index >= 15 is 0 Å². The van der Waals surface area contributed by atoms with Crippen molar-refractivity contribution in [2.75, 3.05) is 6.54 Å². The van der Waals surface area contributed by atoms with Crippen molar-refractivity contribution in [3.05, 3.63) is 0 Å². The minimum atomic E-state index is -1.38. The fourth-order valence-electron chi connectivity index (χ4n) is 3.20. The summed E-state index contributed by atoms with van der Waals surface area (Å²) >= 11 is 0. The molecule has 0 aromatic carbocycles. The Morgan fingerprint density at radius 3 is 1.75 bits per heavy atom. The minimum absolute atomic E-state index is 0.124. The zero-order chi connectivity index (χ0) is 27.8. The number of nitrogens with two attached hydrogens (primary N) is 2. The summed E-state index contributed by atoms with van der Waals surface area (Å²) in [5, 5.41) is 34.4. The van der Waals surface area contributed by atoms with E-state index in [4.69, 9.17) is 21.7 Å². The van der Waals surface area contributed by atoms with Crippen LogP contribution in [0.15, 0.2) is 0 Å². The van der Waals surface area contributed by atoms with Crippen LogP contribution >= 0.6 is 0 Å². The van der Waals surface area contributed by atoms with E-state index in [1.807, 2.05) is 0 Å². The Morgan fingerprint density at radius 2 is 1.25 bits per heavy atom. The molecule has 0 radical (unpaired) electrons. The van der Waals surface area contributed by atoms with Crippen LogP contribution in [0.2, 0.25) is 0 Å². The second kappa shape index (κ2) is 17.2. The number of carbonyl (C=O) groups excluding carboxylic acids is 3. The molecular formula is C22H39N5O9. The first-order chi connectivity index (χ1) is 16.8. The molecule has 14 nitrogen and oxygen atoms in total. The SMILES string of the molecule is CCC(C)C(NC(=O)C(CCCCN)NC(=O)C(CCC(=O)O)NC(=O)C(N)CCC(=O)O)C(=O)O. The Morgan fingerprint density at radius 1 is 0.750 bits per heavy atom. The average Bonchev–Trinajstić information content (AvgIpc) is 2.81. The molecule has 36 heavy (non-hydrogen) atoms. The van der Waals surface area contributed by atoms with E-state index < -0.39 is 66.2 Å². The lowest BCUT2D eigenvalue weighted by Gasteiger charge is -2.26. The molecule has 0 rings (SSSR count). The van der Waals surface area contributed by atoms with Gasteiger partial charge in [0.25, 0.3) is 0 Å². The lowest BCUT2D eigenvalue weighted by molar-refractivity contribution is -0.144. The van der Waals surface area contributed by atoms with Crippen molar-refractivity contribution in [2.24, 2.45) is 17.4 Å². The van der Waals surface area contributed by atoms with Crippen LogP contribution in [0.3, 0.4) is 0 Å². The summed E-state index contributed by atoms with van der Waals surface area (Å²) in [5.41, 5.74) is 11.2. The molecule has 0 aromatic heterocycles. The highest BCUT2D eigenvalue weighted by Gasteiger charge is 2.32. The van der Waals surface area contributed by atoms with E-state index in [-0.39, 0.29) is 31.6 Å². The van der Waals surface area contributed by atoms with E-state index in [1.54, 1.807) is 13.8 Å². The van der Waals surface area contributed by atoms with Crippen LogP contribution < -0.4 is 27.4 Å². The summed E-state index contributed by atoms with van der Waals surface area (Å²) < 4.78 is 0. The number of rotatable bonds is 19. The number of carboxylic acids is 3. The van der Waals surface area contributed by atoms with E-state index in [0.717, 1.165) is 0 Å². The summed E-state index contributed by atoms with van der Waals surface area (Å²) in [6.45, 7) is 3.76. The van der Waals surface area contributed by atoms with Crippen LogP contribution in [0.4, 0.5) is 0 Å². The van der Waals surface area contributed by atoms with Crippen molar-refractivity contribution >= 4 is 35.6 Å². The predicted molar refractivity (Wildman–Crippen MR) is 128 cm³/mol. The fraction of sp³-hybridized carbons (Fsp3) is 0.727. The Labute approximate surface area is 209 Å². The molecule has 0 aliphatic rings. The molecule has 0 aliphatic heterocycles. The number of carbonyl (C=O) groups is 6. The first kappa shape index (κ1) is 32.7. The first-order valence-corrected chi connectivity index (χ1v) is 11.9. The molecule has 14 heteroatoms. The van der Waals surface area contributed by atoms with Crippen LogP contribution in [-0.4, -0.2) is 81.7 Å². The topological polar surface area (TPSA) is 251 Å². The lowest BCUT2D eigenvalue weighted by Crippen LogP contribution is -2.57. The van der Waals surface area contributed by atoms with Gasteiger partial charge in [0, 0.05) is 12.8 Å². The number of aliphatic carboxylic acids is 3. The second-order valence-electron chi connectivity index (χ2n) is 8.59. The zero-order valence-electron chi connectivity index (χ0n) is 20.7. The molecule has 0 aliphatic carbocycles. The maximum Gasteiger partial charge on any atom is 0.326 e. The quantitative estimate of drug-likeness (QED) is 0.0940. The van der Waals surface area contributed by atoms with E-state index in [1.165, 1.54) is 0 Å². The minimum Gasteiger partial charge on any atom is -0.481 e. The van der Waals surface area contributed by atoms with Gasteiger partial charge in [-0.1, -0.05) is 20.3 Å². The molecule has 0 fully saturated rings. The molecular weight excluding hydrogens is 478 g/mol. The van der Waals surface area contributed by atoms with Crippen molar-refractivity contribution in [1.29, 1.82) is 0 Å². The van der Waals surface area contributed by atoms with Gasteiger partial charge in [-0.25, -0.2) is 4.79 Å². The molecule has 0 heterocycles. The molecule has 5 unspecified atom stereocenters. The van der Waals surface area contributed by atoms with Crippen molar-refractivity contribution in [3.8, 4) is 0 Å². The molecule has 5 atom stereocenters. The third-order valence-corrected chi connectivity index (χ3v) is 5.64. The molecule has 0 saturated heterocycles.